The van der Waals surface area contributed by atoms with Crippen molar-refractivity contribution in [2.75, 3.05) is 25.5 Å². The summed E-state index contributed by atoms with van der Waals surface area (Å²) in [5, 5.41) is 7.66. The zero-order valence-corrected chi connectivity index (χ0v) is 16.8. The fourth-order valence-electron chi connectivity index (χ4n) is 4.10. The van der Waals surface area contributed by atoms with E-state index >= 15 is 0 Å². The number of hydrogen-bond donors (Lipinski definition) is 2. The number of amides is 1. The summed E-state index contributed by atoms with van der Waals surface area (Å²) in [6.45, 7) is 2.60. The summed E-state index contributed by atoms with van der Waals surface area (Å²) in [6, 6.07) is 11.8. The maximum Gasteiger partial charge on any atom is 0.241 e. The molecule has 1 saturated heterocycles. The summed E-state index contributed by atoms with van der Waals surface area (Å²) in [7, 11) is 2.10. The second kappa shape index (κ2) is 7.80. The van der Waals surface area contributed by atoms with Crippen molar-refractivity contribution in [1.82, 2.24) is 10.2 Å². The molecule has 27 heavy (non-hydrogen) atoms. The fraction of sp³-hybridized carbons (Fsp3) is 0.381. The molecule has 2 aromatic rings. The Morgan fingerprint density at radius 3 is 2.89 bits per heavy atom. The van der Waals surface area contributed by atoms with Gasteiger partial charge < -0.3 is 15.5 Å². The molecular weight excluding hydrogens is 381 g/mol. The first-order valence-corrected chi connectivity index (χ1v) is 10.1. The van der Waals surface area contributed by atoms with Crippen LogP contribution in [0.25, 0.3) is 0 Å². The van der Waals surface area contributed by atoms with Gasteiger partial charge in [-0.2, -0.15) is 0 Å². The standard InChI is InChI=1S/C21H23Cl2N3O/c1-26-11-17(16-9-14(22)10-19(23)18(16)12-26)13-4-2-5-15(8-13)25-21(27)20-6-3-7-24-20/h2,4-5,8-10,17,20,24H,3,6-7,11-12H2,1H3,(H,25,27)/t17?,20-/m0/s1. The normalized spacial score (nSPS) is 22.5. The lowest BCUT2D eigenvalue weighted by Gasteiger charge is -2.33. The number of nitrogens with zero attached hydrogens (tertiary/aromatic N) is 1. The average molecular weight is 404 g/mol. The van der Waals surface area contributed by atoms with E-state index < -0.39 is 0 Å². The molecule has 2 heterocycles. The average Bonchev–Trinajstić information content (AvgIpc) is 3.17. The molecule has 2 N–H and O–H groups in total. The van der Waals surface area contributed by atoms with Crippen LogP contribution in [-0.4, -0.2) is 37.0 Å². The largest absolute Gasteiger partial charge is 0.325 e. The number of likely N-dealkylation sites (N-methyl/N-ethyl adjacent to an activating group) is 1. The monoisotopic (exact) mass is 403 g/mol. The fourth-order valence-corrected chi connectivity index (χ4v) is 4.67. The van der Waals surface area contributed by atoms with Gasteiger partial charge in [0.05, 0.1) is 6.04 Å². The summed E-state index contributed by atoms with van der Waals surface area (Å²) in [5.74, 6) is 0.202. The zero-order valence-electron chi connectivity index (χ0n) is 15.3. The van der Waals surface area contributed by atoms with Crippen LogP contribution in [0.1, 0.15) is 35.4 Å². The van der Waals surface area contributed by atoms with Crippen molar-refractivity contribution in [1.29, 1.82) is 0 Å². The Hall–Kier alpha value is -1.59. The first-order chi connectivity index (χ1) is 13.0. The van der Waals surface area contributed by atoms with Crippen molar-refractivity contribution < 1.29 is 4.79 Å². The number of hydrogen-bond acceptors (Lipinski definition) is 3. The van der Waals surface area contributed by atoms with E-state index in [1.54, 1.807) is 0 Å². The van der Waals surface area contributed by atoms with Gasteiger partial charge in [0.1, 0.15) is 0 Å². The summed E-state index contributed by atoms with van der Waals surface area (Å²) in [6.07, 6.45) is 1.94. The molecule has 0 saturated carbocycles. The Bertz CT molecular complexity index is 865. The highest BCUT2D eigenvalue weighted by Gasteiger charge is 2.27. The van der Waals surface area contributed by atoms with E-state index in [0.29, 0.717) is 10.0 Å². The summed E-state index contributed by atoms with van der Waals surface area (Å²) >= 11 is 12.7. The molecule has 1 amide bonds. The molecule has 2 atom stereocenters. The van der Waals surface area contributed by atoms with E-state index in [1.807, 2.05) is 24.3 Å². The number of benzene rings is 2. The lowest BCUT2D eigenvalue weighted by Crippen LogP contribution is -2.35. The minimum Gasteiger partial charge on any atom is -0.325 e. The molecular formula is C21H23Cl2N3O. The summed E-state index contributed by atoms with van der Waals surface area (Å²) in [4.78, 5) is 14.7. The molecule has 142 valence electrons. The van der Waals surface area contributed by atoms with Gasteiger partial charge in [0, 0.05) is 34.7 Å². The molecule has 1 unspecified atom stereocenters. The third-order valence-electron chi connectivity index (χ3n) is 5.43. The highest BCUT2D eigenvalue weighted by Crippen LogP contribution is 2.38. The van der Waals surface area contributed by atoms with Crippen LogP contribution in [0.15, 0.2) is 36.4 Å². The second-order valence-corrected chi connectivity index (χ2v) is 8.31. The van der Waals surface area contributed by atoms with Crippen molar-refractivity contribution >= 4 is 34.8 Å². The quantitative estimate of drug-likeness (QED) is 0.804. The number of fused-ring (bicyclic) bond motifs is 1. The van der Waals surface area contributed by atoms with Crippen LogP contribution in [0.5, 0.6) is 0 Å². The van der Waals surface area contributed by atoms with Crippen molar-refractivity contribution in [2.45, 2.75) is 31.3 Å². The first kappa shape index (κ1) is 18.8. The number of carbonyl (C=O) groups is 1. The molecule has 2 aromatic carbocycles. The van der Waals surface area contributed by atoms with Crippen LogP contribution in [0.3, 0.4) is 0 Å². The molecule has 4 nitrogen and oxygen atoms in total. The molecule has 6 heteroatoms. The van der Waals surface area contributed by atoms with Crippen molar-refractivity contribution in [2.24, 2.45) is 0 Å². The molecule has 2 aliphatic heterocycles. The van der Waals surface area contributed by atoms with Gasteiger partial charge >= 0.3 is 0 Å². The van der Waals surface area contributed by atoms with Crippen LogP contribution in [0, 0.1) is 0 Å². The number of anilines is 1. The molecule has 1 fully saturated rings. The van der Waals surface area contributed by atoms with E-state index in [-0.39, 0.29) is 17.9 Å². The molecule has 2 aliphatic rings. The number of carbonyl (C=O) groups excluding carboxylic acids is 1. The Morgan fingerprint density at radius 1 is 1.26 bits per heavy atom. The lowest BCUT2D eigenvalue weighted by atomic mass is 9.84. The zero-order chi connectivity index (χ0) is 19.0. The summed E-state index contributed by atoms with van der Waals surface area (Å²) < 4.78 is 0. The van der Waals surface area contributed by atoms with E-state index in [2.05, 4.69) is 34.7 Å². The molecule has 0 bridgehead atoms. The maximum absolute atomic E-state index is 12.4. The van der Waals surface area contributed by atoms with Gasteiger partial charge in [-0.1, -0.05) is 35.3 Å². The maximum atomic E-state index is 12.4. The van der Waals surface area contributed by atoms with Crippen LogP contribution in [0.4, 0.5) is 5.69 Å². The molecule has 4 rings (SSSR count). The SMILES string of the molecule is CN1Cc2c(Cl)cc(Cl)cc2C(c2cccc(NC(=O)[C@@H]3CCCN3)c2)C1. The van der Waals surface area contributed by atoms with Crippen molar-refractivity contribution in [3.05, 3.63) is 63.1 Å². The van der Waals surface area contributed by atoms with E-state index in [9.17, 15) is 4.79 Å². The number of rotatable bonds is 3. The van der Waals surface area contributed by atoms with Crippen LogP contribution in [0.2, 0.25) is 10.0 Å². The van der Waals surface area contributed by atoms with E-state index in [0.717, 1.165) is 49.3 Å². The van der Waals surface area contributed by atoms with Gasteiger partial charge in [-0.05, 0) is 67.4 Å². The van der Waals surface area contributed by atoms with Crippen molar-refractivity contribution in [3.8, 4) is 0 Å². The predicted molar refractivity (Wildman–Crippen MR) is 111 cm³/mol. The third kappa shape index (κ3) is 3.99. The highest BCUT2D eigenvalue weighted by atomic mass is 35.5. The van der Waals surface area contributed by atoms with Gasteiger partial charge in [0.2, 0.25) is 5.91 Å². The third-order valence-corrected chi connectivity index (χ3v) is 5.98. The van der Waals surface area contributed by atoms with Gasteiger partial charge in [-0.3, -0.25) is 4.79 Å². The van der Waals surface area contributed by atoms with Gasteiger partial charge in [-0.15, -0.1) is 0 Å². The Morgan fingerprint density at radius 2 is 2.11 bits per heavy atom. The van der Waals surface area contributed by atoms with Crippen LogP contribution >= 0.6 is 23.2 Å². The van der Waals surface area contributed by atoms with E-state index in [4.69, 9.17) is 23.2 Å². The topological polar surface area (TPSA) is 44.4 Å². The minimum atomic E-state index is -0.0900. The minimum absolute atomic E-state index is 0.0388. The smallest absolute Gasteiger partial charge is 0.241 e. The Balaban J connectivity index is 1.63. The molecule has 0 aliphatic carbocycles. The Kier molecular flexibility index (Phi) is 5.42. The van der Waals surface area contributed by atoms with E-state index in [1.165, 1.54) is 5.56 Å². The lowest BCUT2D eigenvalue weighted by molar-refractivity contribution is -0.117. The first-order valence-electron chi connectivity index (χ1n) is 9.32. The summed E-state index contributed by atoms with van der Waals surface area (Å²) in [5.41, 5.74) is 4.28. The van der Waals surface area contributed by atoms with Crippen LogP contribution < -0.4 is 10.6 Å². The van der Waals surface area contributed by atoms with Gasteiger partial charge in [0.25, 0.3) is 0 Å². The van der Waals surface area contributed by atoms with Crippen LogP contribution in [-0.2, 0) is 11.3 Å². The second-order valence-electron chi connectivity index (χ2n) is 7.47. The van der Waals surface area contributed by atoms with Crippen molar-refractivity contribution in [3.63, 3.8) is 0 Å². The highest BCUT2D eigenvalue weighted by molar-refractivity contribution is 6.35. The van der Waals surface area contributed by atoms with Gasteiger partial charge in [0.15, 0.2) is 0 Å². The molecule has 0 aromatic heterocycles. The Labute approximate surface area is 169 Å². The molecule has 0 spiro atoms. The predicted octanol–water partition coefficient (Wildman–Crippen LogP) is 4.26. The van der Waals surface area contributed by atoms with Gasteiger partial charge in [-0.25, -0.2) is 0 Å². The number of halogens is 2. The molecule has 0 radical (unpaired) electrons. The number of nitrogens with one attached hydrogen (secondary N) is 2.